The number of hydrogen-bond acceptors (Lipinski definition) is 3. The molecule has 1 heterocycles. The highest BCUT2D eigenvalue weighted by Gasteiger charge is 2.08. The average Bonchev–Trinajstić information content (AvgIpc) is 2.41. The molecule has 1 aliphatic heterocycles. The van der Waals surface area contributed by atoms with Crippen molar-refractivity contribution >= 4 is 5.91 Å². The predicted octanol–water partition coefficient (Wildman–Crippen LogP) is 2.32. The molecule has 2 N–H and O–H groups in total. The summed E-state index contributed by atoms with van der Waals surface area (Å²) in [6.07, 6.45) is 6.71. The maximum atomic E-state index is 10.7. The van der Waals surface area contributed by atoms with Crippen molar-refractivity contribution in [1.82, 2.24) is 4.90 Å². The molecular formula is C16H24N2O2. The summed E-state index contributed by atoms with van der Waals surface area (Å²) in [6, 6.07) is 7.94. The van der Waals surface area contributed by atoms with Crippen LogP contribution in [0.25, 0.3) is 0 Å². The topological polar surface area (TPSA) is 55.6 Å². The zero-order valence-corrected chi connectivity index (χ0v) is 12.0. The largest absolute Gasteiger partial charge is 0.484 e. The molecular weight excluding hydrogens is 252 g/mol. The van der Waals surface area contributed by atoms with Crippen LogP contribution in [0.2, 0.25) is 0 Å². The van der Waals surface area contributed by atoms with E-state index >= 15 is 0 Å². The van der Waals surface area contributed by atoms with Crippen molar-refractivity contribution in [1.29, 1.82) is 0 Å². The van der Waals surface area contributed by atoms with E-state index in [1.165, 1.54) is 50.8 Å². The first-order valence-electron chi connectivity index (χ1n) is 7.46. The molecule has 0 atom stereocenters. The molecule has 4 nitrogen and oxygen atoms in total. The van der Waals surface area contributed by atoms with Crippen LogP contribution in [0.3, 0.4) is 0 Å². The van der Waals surface area contributed by atoms with Gasteiger partial charge in [0.05, 0.1) is 0 Å². The fraction of sp³-hybridized carbons (Fsp3) is 0.562. The zero-order valence-electron chi connectivity index (χ0n) is 12.0. The number of likely N-dealkylation sites (tertiary alicyclic amines) is 1. The first kappa shape index (κ1) is 14.9. The first-order valence-corrected chi connectivity index (χ1v) is 7.46. The summed E-state index contributed by atoms with van der Waals surface area (Å²) in [5.74, 6) is 0.245. The average molecular weight is 276 g/mol. The van der Waals surface area contributed by atoms with Crippen molar-refractivity contribution in [2.75, 3.05) is 19.7 Å². The van der Waals surface area contributed by atoms with Crippen LogP contribution < -0.4 is 10.5 Å². The molecule has 1 saturated heterocycles. The van der Waals surface area contributed by atoms with Gasteiger partial charge in [0, 0.05) is 6.54 Å². The Morgan fingerprint density at radius 3 is 2.25 bits per heavy atom. The van der Waals surface area contributed by atoms with Gasteiger partial charge in [-0.1, -0.05) is 31.4 Å². The van der Waals surface area contributed by atoms with Gasteiger partial charge in [-0.2, -0.15) is 0 Å². The van der Waals surface area contributed by atoms with E-state index in [0.29, 0.717) is 5.75 Å². The smallest absolute Gasteiger partial charge is 0.255 e. The van der Waals surface area contributed by atoms with Crippen molar-refractivity contribution in [3.63, 3.8) is 0 Å². The van der Waals surface area contributed by atoms with Crippen molar-refractivity contribution < 1.29 is 9.53 Å². The summed E-state index contributed by atoms with van der Waals surface area (Å²) in [5.41, 5.74) is 6.34. The fourth-order valence-corrected chi connectivity index (χ4v) is 2.57. The van der Waals surface area contributed by atoms with E-state index in [-0.39, 0.29) is 6.61 Å². The Bertz CT molecular complexity index is 409. The molecule has 1 aliphatic rings. The maximum Gasteiger partial charge on any atom is 0.255 e. The highest BCUT2D eigenvalue weighted by molar-refractivity contribution is 5.75. The molecule has 0 aliphatic carbocycles. The number of hydrogen-bond donors (Lipinski definition) is 1. The SMILES string of the molecule is NC(=O)COc1ccc(CN2CCCCCCC2)cc1. The quantitative estimate of drug-likeness (QED) is 0.898. The summed E-state index contributed by atoms with van der Waals surface area (Å²) in [7, 11) is 0. The number of ether oxygens (including phenoxy) is 1. The third kappa shape index (κ3) is 5.21. The summed E-state index contributed by atoms with van der Waals surface area (Å²) >= 11 is 0. The molecule has 1 fully saturated rings. The molecule has 0 radical (unpaired) electrons. The number of carbonyl (C=O) groups excluding carboxylic acids is 1. The molecule has 0 bridgehead atoms. The van der Waals surface area contributed by atoms with E-state index in [9.17, 15) is 4.79 Å². The summed E-state index contributed by atoms with van der Waals surface area (Å²) in [6.45, 7) is 3.32. The van der Waals surface area contributed by atoms with Crippen molar-refractivity contribution in [2.45, 2.75) is 38.6 Å². The number of nitrogens with two attached hydrogens (primary N) is 1. The molecule has 110 valence electrons. The summed E-state index contributed by atoms with van der Waals surface area (Å²) in [4.78, 5) is 13.2. The predicted molar refractivity (Wildman–Crippen MR) is 79.5 cm³/mol. The van der Waals surface area contributed by atoms with Crippen LogP contribution in [-0.2, 0) is 11.3 Å². The molecule has 4 heteroatoms. The summed E-state index contributed by atoms with van der Waals surface area (Å²) in [5, 5.41) is 0. The van der Waals surface area contributed by atoms with Crippen LogP contribution in [0.5, 0.6) is 5.75 Å². The number of rotatable bonds is 5. The second kappa shape index (κ2) is 7.90. The lowest BCUT2D eigenvalue weighted by Gasteiger charge is -2.24. The Hall–Kier alpha value is -1.55. The lowest BCUT2D eigenvalue weighted by Crippen LogP contribution is -2.26. The summed E-state index contributed by atoms with van der Waals surface area (Å²) < 4.78 is 5.26. The standard InChI is InChI=1S/C16H24N2O2/c17-16(19)13-20-15-8-6-14(7-9-15)12-18-10-4-2-1-3-5-11-18/h6-9H,1-5,10-13H2,(H2,17,19). The molecule has 20 heavy (non-hydrogen) atoms. The Labute approximate surface area is 120 Å². The van der Waals surface area contributed by atoms with Gasteiger partial charge < -0.3 is 10.5 Å². The van der Waals surface area contributed by atoms with Crippen LogP contribution in [-0.4, -0.2) is 30.5 Å². The Morgan fingerprint density at radius 2 is 1.65 bits per heavy atom. The van der Waals surface area contributed by atoms with Gasteiger partial charge in [-0.3, -0.25) is 9.69 Å². The van der Waals surface area contributed by atoms with Gasteiger partial charge in [0.2, 0.25) is 0 Å². The normalized spacial score (nSPS) is 17.2. The van der Waals surface area contributed by atoms with Crippen LogP contribution in [0.4, 0.5) is 0 Å². The van der Waals surface area contributed by atoms with Gasteiger partial charge in [-0.15, -0.1) is 0 Å². The number of benzene rings is 1. The van der Waals surface area contributed by atoms with Crippen LogP contribution >= 0.6 is 0 Å². The van der Waals surface area contributed by atoms with Crippen LogP contribution in [0.1, 0.15) is 37.7 Å². The highest BCUT2D eigenvalue weighted by atomic mass is 16.5. The minimum absolute atomic E-state index is 0.0640. The second-order valence-corrected chi connectivity index (χ2v) is 5.44. The molecule has 0 aromatic heterocycles. The van der Waals surface area contributed by atoms with Gasteiger partial charge in [-0.05, 0) is 43.6 Å². The molecule has 1 amide bonds. The minimum Gasteiger partial charge on any atom is -0.484 e. The van der Waals surface area contributed by atoms with Crippen molar-refractivity contribution in [2.24, 2.45) is 5.73 Å². The van der Waals surface area contributed by atoms with Gasteiger partial charge in [0.1, 0.15) is 5.75 Å². The zero-order chi connectivity index (χ0) is 14.2. The van der Waals surface area contributed by atoms with E-state index in [2.05, 4.69) is 17.0 Å². The highest BCUT2D eigenvalue weighted by Crippen LogP contribution is 2.16. The number of nitrogens with zero attached hydrogens (tertiary/aromatic N) is 1. The lowest BCUT2D eigenvalue weighted by molar-refractivity contribution is -0.119. The van der Waals surface area contributed by atoms with Crippen molar-refractivity contribution in [3.05, 3.63) is 29.8 Å². The fourth-order valence-electron chi connectivity index (χ4n) is 2.57. The lowest BCUT2D eigenvalue weighted by atomic mass is 10.1. The molecule has 0 saturated carbocycles. The van der Waals surface area contributed by atoms with Crippen molar-refractivity contribution in [3.8, 4) is 5.75 Å². The van der Waals surface area contributed by atoms with E-state index in [4.69, 9.17) is 10.5 Å². The van der Waals surface area contributed by atoms with Gasteiger partial charge in [0.15, 0.2) is 6.61 Å². The van der Waals surface area contributed by atoms with Crippen LogP contribution in [0, 0.1) is 0 Å². The second-order valence-electron chi connectivity index (χ2n) is 5.44. The number of amides is 1. The van der Waals surface area contributed by atoms with E-state index < -0.39 is 5.91 Å². The number of primary amides is 1. The molecule has 1 aromatic carbocycles. The maximum absolute atomic E-state index is 10.7. The van der Waals surface area contributed by atoms with E-state index in [1.807, 2.05) is 12.1 Å². The molecule has 1 aromatic rings. The first-order chi connectivity index (χ1) is 9.74. The van der Waals surface area contributed by atoms with Crippen LogP contribution in [0.15, 0.2) is 24.3 Å². The van der Waals surface area contributed by atoms with Gasteiger partial charge in [0.25, 0.3) is 5.91 Å². The van der Waals surface area contributed by atoms with Gasteiger partial charge >= 0.3 is 0 Å². The third-order valence-electron chi connectivity index (χ3n) is 3.66. The third-order valence-corrected chi connectivity index (χ3v) is 3.66. The minimum atomic E-state index is -0.449. The monoisotopic (exact) mass is 276 g/mol. The Kier molecular flexibility index (Phi) is 5.87. The Balaban J connectivity index is 1.84. The Morgan fingerprint density at radius 1 is 1.05 bits per heavy atom. The van der Waals surface area contributed by atoms with E-state index in [0.717, 1.165) is 6.54 Å². The van der Waals surface area contributed by atoms with E-state index in [1.54, 1.807) is 0 Å². The molecule has 2 rings (SSSR count). The van der Waals surface area contributed by atoms with Gasteiger partial charge in [-0.25, -0.2) is 0 Å². The number of carbonyl (C=O) groups is 1. The molecule has 0 spiro atoms. The molecule has 0 unspecified atom stereocenters.